The molecule has 2 heterocycles. The van der Waals surface area contributed by atoms with Crippen LogP contribution in [0.15, 0.2) is 18.2 Å². The van der Waals surface area contributed by atoms with Crippen LogP contribution in [0.2, 0.25) is 0 Å². The molecule has 2 unspecified atom stereocenters. The molecule has 0 spiro atoms. The fraction of sp³-hybridized carbons (Fsp3) is 0.571. The first kappa shape index (κ1) is 12.7. The zero-order chi connectivity index (χ0) is 13.2. The molecule has 0 amide bonds. The van der Waals surface area contributed by atoms with Gasteiger partial charge in [-0.15, -0.1) is 0 Å². The topological polar surface area (TPSA) is 51.2 Å². The van der Waals surface area contributed by atoms with Gasteiger partial charge < -0.3 is 19.3 Å². The van der Waals surface area contributed by atoms with Crippen molar-refractivity contribution in [2.75, 3.05) is 26.6 Å². The number of morpholine rings is 1. The van der Waals surface area contributed by atoms with Gasteiger partial charge in [0.05, 0.1) is 19.3 Å². The highest BCUT2D eigenvalue weighted by Crippen LogP contribution is 2.33. The molecule has 1 aromatic rings. The molecule has 1 fully saturated rings. The van der Waals surface area contributed by atoms with E-state index in [-0.39, 0.29) is 12.7 Å². The number of aliphatic hydroxyl groups excluding tert-OH is 1. The summed E-state index contributed by atoms with van der Waals surface area (Å²) in [5.74, 6) is 1.63. The Bertz CT molecular complexity index is 451. The standard InChI is InChI=1S/C14H19NO4/c1-10-8-17-12(7-16)6-15(10)5-11-2-3-13-14(4-11)19-9-18-13/h2-4,10,12,16H,5-9H2,1H3. The van der Waals surface area contributed by atoms with Crippen LogP contribution in [0.4, 0.5) is 0 Å². The lowest BCUT2D eigenvalue weighted by atomic mass is 10.1. The third-order valence-corrected chi connectivity index (χ3v) is 3.66. The Balaban J connectivity index is 1.69. The fourth-order valence-corrected chi connectivity index (χ4v) is 2.48. The summed E-state index contributed by atoms with van der Waals surface area (Å²) >= 11 is 0. The highest BCUT2D eigenvalue weighted by Gasteiger charge is 2.26. The molecule has 1 N–H and O–H groups in total. The first-order valence-corrected chi connectivity index (χ1v) is 6.61. The molecule has 0 saturated carbocycles. The quantitative estimate of drug-likeness (QED) is 0.883. The van der Waals surface area contributed by atoms with Crippen LogP contribution < -0.4 is 9.47 Å². The lowest BCUT2D eigenvalue weighted by molar-refractivity contribution is -0.0805. The van der Waals surface area contributed by atoms with Crippen LogP contribution in [-0.4, -0.2) is 48.7 Å². The number of fused-ring (bicyclic) bond motifs is 1. The van der Waals surface area contributed by atoms with Gasteiger partial charge in [0.15, 0.2) is 11.5 Å². The van der Waals surface area contributed by atoms with Crippen molar-refractivity contribution < 1.29 is 19.3 Å². The molecule has 0 bridgehead atoms. The number of aliphatic hydroxyl groups is 1. The lowest BCUT2D eigenvalue weighted by Gasteiger charge is -2.37. The highest BCUT2D eigenvalue weighted by molar-refractivity contribution is 5.44. The number of rotatable bonds is 3. The number of hydrogen-bond donors (Lipinski definition) is 1. The van der Waals surface area contributed by atoms with Crippen LogP contribution in [-0.2, 0) is 11.3 Å². The summed E-state index contributed by atoms with van der Waals surface area (Å²) in [7, 11) is 0. The van der Waals surface area contributed by atoms with Crippen molar-refractivity contribution in [1.29, 1.82) is 0 Å². The molecule has 1 saturated heterocycles. The molecule has 0 aliphatic carbocycles. The lowest BCUT2D eigenvalue weighted by Crippen LogP contribution is -2.48. The van der Waals surface area contributed by atoms with Gasteiger partial charge in [-0.2, -0.15) is 0 Å². The van der Waals surface area contributed by atoms with E-state index in [9.17, 15) is 5.11 Å². The zero-order valence-electron chi connectivity index (χ0n) is 11.0. The van der Waals surface area contributed by atoms with Gasteiger partial charge in [-0.05, 0) is 24.6 Å². The summed E-state index contributed by atoms with van der Waals surface area (Å²) in [5.41, 5.74) is 1.19. The van der Waals surface area contributed by atoms with Crippen LogP contribution in [0.1, 0.15) is 12.5 Å². The van der Waals surface area contributed by atoms with Crippen molar-refractivity contribution >= 4 is 0 Å². The molecule has 1 aromatic carbocycles. The molecular weight excluding hydrogens is 246 g/mol. The average Bonchev–Trinajstić information content (AvgIpc) is 2.89. The van der Waals surface area contributed by atoms with E-state index >= 15 is 0 Å². The van der Waals surface area contributed by atoms with Crippen LogP contribution in [0.3, 0.4) is 0 Å². The van der Waals surface area contributed by atoms with Gasteiger partial charge in [0, 0.05) is 19.1 Å². The van der Waals surface area contributed by atoms with Crippen molar-refractivity contribution in [2.45, 2.75) is 25.6 Å². The molecule has 0 aromatic heterocycles. The maximum absolute atomic E-state index is 9.20. The van der Waals surface area contributed by atoms with Crippen LogP contribution >= 0.6 is 0 Å². The molecule has 104 valence electrons. The Hall–Kier alpha value is -1.30. The molecular formula is C14H19NO4. The molecule has 2 atom stereocenters. The maximum atomic E-state index is 9.20. The Morgan fingerprint density at radius 1 is 1.32 bits per heavy atom. The minimum Gasteiger partial charge on any atom is -0.454 e. The van der Waals surface area contributed by atoms with Crippen molar-refractivity contribution in [2.24, 2.45) is 0 Å². The van der Waals surface area contributed by atoms with Gasteiger partial charge >= 0.3 is 0 Å². The fourth-order valence-electron chi connectivity index (χ4n) is 2.48. The summed E-state index contributed by atoms with van der Waals surface area (Å²) in [5, 5.41) is 9.20. The van der Waals surface area contributed by atoms with E-state index < -0.39 is 0 Å². The minimum absolute atomic E-state index is 0.0738. The molecule has 2 aliphatic rings. The second kappa shape index (κ2) is 5.36. The van der Waals surface area contributed by atoms with Crippen LogP contribution in [0.25, 0.3) is 0 Å². The molecule has 19 heavy (non-hydrogen) atoms. The Morgan fingerprint density at radius 2 is 2.16 bits per heavy atom. The molecule has 5 nitrogen and oxygen atoms in total. The summed E-state index contributed by atoms with van der Waals surface area (Å²) in [6.45, 7) is 4.77. The Labute approximate surface area is 112 Å². The van der Waals surface area contributed by atoms with Gasteiger partial charge in [-0.3, -0.25) is 4.90 Å². The van der Waals surface area contributed by atoms with E-state index in [0.29, 0.717) is 19.4 Å². The zero-order valence-corrected chi connectivity index (χ0v) is 11.0. The smallest absolute Gasteiger partial charge is 0.231 e. The first-order chi connectivity index (χ1) is 9.26. The largest absolute Gasteiger partial charge is 0.454 e. The summed E-state index contributed by atoms with van der Waals surface area (Å²) < 4.78 is 16.2. The van der Waals surface area contributed by atoms with E-state index in [2.05, 4.69) is 17.9 Å². The predicted molar refractivity (Wildman–Crippen MR) is 69.3 cm³/mol. The van der Waals surface area contributed by atoms with Crippen molar-refractivity contribution in [1.82, 2.24) is 4.90 Å². The molecule has 0 radical (unpaired) electrons. The molecule has 3 rings (SSSR count). The van der Waals surface area contributed by atoms with Gasteiger partial charge in [0.1, 0.15) is 0 Å². The van der Waals surface area contributed by atoms with Gasteiger partial charge in [0.25, 0.3) is 0 Å². The third-order valence-electron chi connectivity index (χ3n) is 3.66. The van der Waals surface area contributed by atoms with E-state index in [1.807, 2.05) is 12.1 Å². The second-order valence-corrected chi connectivity index (χ2v) is 5.10. The predicted octanol–water partition coefficient (Wildman–Crippen LogP) is 0.997. The maximum Gasteiger partial charge on any atom is 0.231 e. The Morgan fingerprint density at radius 3 is 3.00 bits per heavy atom. The van der Waals surface area contributed by atoms with Gasteiger partial charge in [0.2, 0.25) is 6.79 Å². The van der Waals surface area contributed by atoms with E-state index in [1.165, 1.54) is 5.56 Å². The molecule has 2 aliphatic heterocycles. The second-order valence-electron chi connectivity index (χ2n) is 5.10. The highest BCUT2D eigenvalue weighted by atomic mass is 16.7. The van der Waals surface area contributed by atoms with Crippen LogP contribution in [0, 0.1) is 0 Å². The number of hydrogen-bond acceptors (Lipinski definition) is 5. The van der Waals surface area contributed by atoms with Crippen molar-refractivity contribution in [3.05, 3.63) is 23.8 Å². The van der Waals surface area contributed by atoms with Gasteiger partial charge in [-0.25, -0.2) is 0 Å². The van der Waals surface area contributed by atoms with Crippen LogP contribution in [0.5, 0.6) is 11.5 Å². The van der Waals surface area contributed by atoms with Gasteiger partial charge in [-0.1, -0.05) is 6.07 Å². The monoisotopic (exact) mass is 265 g/mol. The van der Waals surface area contributed by atoms with Crippen molar-refractivity contribution in [3.63, 3.8) is 0 Å². The summed E-state index contributed by atoms with van der Waals surface area (Å²) in [6, 6.07) is 6.39. The SMILES string of the molecule is CC1COC(CO)CN1Cc1ccc2c(c1)OCO2. The van der Waals surface area contributed by atoms with E-state index in [1.54, 1.807) is 0 Å². The number of nitrogens with zero attached hydrogens (tertiary/aromatic N) is 1. The Kier molecular flexibility index (Phi) is 3.59. The van der Waals surface area contributed by atoms with E-state index in [4.69, 9.17) is 14.2 Å². The molecule has 5 heteroatoms. The summed E-state index contributed by atoms with van der Waals surface area (Å²) in [6.07, 6.45) is -0.0785. The minimum atomic E-state index is -0.0785. The number of benzene rings is 1. The van der Waals surface area contributed by atoms with E-state index in [0.717, 1.165) is 24.6 Å². The average molecular weight is 265 g/mol. The summed E-state index contributed by atoms with van der Waals surface area (Å²) in [4.78, 5) is 2.32. The normalized spacial score (nSPS) is 26.6. The third kappa shape index (κ3) is 2.68. The first-order valence-electron chi connectivity index (χ1n) is 6.61. The number of ether oxygens (including phenoxy) is 3. The van der Waals surface area contributed by atoms with Crippen molar-refractivity contribution in [3.8, 4) is 11.5 Å².